The zero-order valence-electron chi connectivity index (χ0n) is 51.2. The number of fused-ring (bicyclic) bond motifs is 1. The van der Waals surface area contributed by atoms with E-state index in [1.807, 2.05) is 16.7 Å². The SMILES string of the molecule is [CH]N1CCN(CC)CCN(CC(=O)N[C@H](CC)C(=O)NCCCOCCOCCOCCCNC(=O)CCCOc2cc(C)c(S(=O)(=O)NC(CNC(=O)c3cn(C)c4cc(CNc5ncc[nH]5)ccc4c3=O)C(=O)O)c(C)c2)CCN(CC(=O)O)CC1. The highest BCUT2D eigenvalue weighted by molar-refractivity contribution is 7.89. The highest BCUT2D eigenvalue weighted by Gasteiger charge is 2.30. The molecule has 9 N–H and O–H groups in total. The minimum absolute atomic E-state index is 0.0769. The number of nitrogens with one attached hydrogen (secondary N) is 7. The molecule has 4 aromatic rings. The molecule has 2 radical (unpaired) electrons. The fourth-order valence-corrected chi connectivity index (χ4v) is 11.3. The predicted octanol–water partition coefficient (Wildman–Crippen LogP) is 0.763. The second-order valence-corrected chi connectivity index (χ2v) is 23.0. The fourth-order valence-electron chi connectivity index (χ4n) is 9.62. The molecule has 3 heterocycles. The number of likely N-dealkylation sites (N-methyl/N-ethyl adjacent to an activating group) is 1. The first-order valence-corrected chi connectivity index (χ1v) is 31.2. The summed E-state index contributed by atoms with van der Waals surface area (Å²) in [5.74, 6) is -3.16. The zero-order chi connectivity index (χ0) is 64.0. The number of hydrogen-bond acceptors (Lipinski definition) is 19. The molecule has 1 aliphatic heterocycles. The molecule has 28 nitrogen and oxygen atoms in total. The van der Waals surface area contributed by atoms with Crippen molar-refractivity contribution in [3.8, 4) is 5.75 Å². The molecule has 1 fully saturated rings. The summed E-state index contributed by atoms with van der Waals surface area (Å²) in [5.41, 5.74) is 1.12. The Morgan fingerprint density at radius 1 is 0.750 bits per heavy atom. The van der Waals surface area contributed by atoms with E-state index in [0.29, 0.717) is 148 Å². The van der Waals surface area contributed by atoms with Gasteiger partial charge in [0.25, 0.3) is 5.91 Å². The summed E-state index contributed by atoms with van der Waals surface area (Å²) in [5, 5.41) is 33.8. The molecule has 88 heavy (non-hydrogen) atoms. The van der Waals surface area contributed by atoms with Gasteiger partial charge < -0.3 is 70.2 Å². The van der Waals surface area contributed by atoms with Gasteiger partial charge in [0.1, 0.15) is 23.4 Å². The summed E-state index contributed by atoms with van der Waals surface area (Å²) in [7, 11) is 3.35. The van der Waals surface area contributed by atoms with Crippen LogP contribution in [-0.4, -0.2) is 238 Å². The van der Waals surface area contributed by atoms with Gasteiger partial charge in [-0.3, -0.25) is 48.3 Å². The molecule has 486 valence electrons. The Morgan fingerprint density at radius 3 is 1.98 bits per heavy atom. The smallest absolute Gasteiger partial charge is 0.323 e. The molecule has 0 bridgehead atoms. The quantitative estimate of drug-likeness (QED) is 0.0282. The predicted molar refractivity (Wildman–Crippen MR) is 328 cm³/mol. The number of pyridine rings is 1. The Kier molecular flexibility index (Phi) is 30.7. The number of carbonyl (C=O) groups is 6. The summed E-state index contributed by atoms with van der Waals surface area (Å²) in [6.45, 7) is 15.3. The molecule has 2 aromatic carbocycles. The lowest BCUT2D eigenvalue weighted by molar-refractivity contribution is -0.139. The van der Waals surface area contributed by atoms with Crippen molar-refractivity contribution >= 4 is 62.4 Å². The number of carboxylic acids is 2. The van der Waals surface area contributed by atoms with E-state index in [1.54, 1.807) is 47.1 Å². The lowest BCUT2D eigenvalue weighted by Gasteiger charge is -2.32. The molecule has 2 aromatic heterocycles. The Balaban J connectivity index is 0.884. The Labute approximate surface area is 514 Å². The van der Waals surface area contributed by atoms with Crippen molar-refractivity contribution in [1.82, 2.24) is 60.1 Å². The number of sulfonamides is 1. The second kappa shape index (κ2) is 37.7. The number of carboxylic acid groups (broad SMARTS) is 2. The van der Waals surface area contributed by atoms with Crippen LogP contribution in [0.15, 0.2) is 58.6 Å². The third-order valence-electron chi connectivity index (χ3n) is 14.4. The Hall–Kier alpha value is -7.09. The number of aliphatic carboxylic acids is 2. The van der Waals surface area contributed by atoms with Crippen LogP contribution in [0.4, 0.5) is 5.95 Å². The van der Waals surface area contributed by atoms with Crippen molar-refractivity contribution in [2.45, 2.75) is 83.3 Å². The van der Waals surface area contributed by atoms with Crippen LogP contribution in [0.2, 0.25) is 0 Å². The van der Waals surface area contributed by atoms with Gasteiger partial charge in [-0.05, 0) is 87.0 Å². The second-order valence-electron chi connectivity index (χ2n) is 21.3. The van der Waals surface area contributed by atoms with Gasteiger partial charge in [0.05, 0.1) is 56.5 Å². The number of anilines is 1. The number of aromatic amines is 1. The molecule has 2 atom stereocenters. The minimum Gasteiger partial charge on any atom is -0.494 e. The van der Waals surface area contributed by atoms with Crippen LogP contribution in [0, 0.1) is 20.9 Å². The van der Waals surface area contributed by atoms with Crippen molar-refractivity contribution in [2.24, 2.45) is 7.05 Å². The first-order valence-electron chi connectivity index (χ1n) is 29.8. The summed E-state index contributed by atoms with van der Waals surface area (Å²) < 4.78 is 53.7. The number of carbonyl (C=O) groups excluding carboxylic acids is 4. The first kappa shape index (κ1) is 71.7. The molecular formula is C59H89N13O15S. The van der Waals surface area contributed by atoms with E-state index < -0.39 is 51.9 Å². The van der Waals surface area contributed by atoms with Crippen LogP contribution in [-0.2, 0) is 61.8 Å². The van der Waals surface area contributed by atoms with Gasteiger partial charge in [0.15, 0.2) is 5.95 Å². The standard InChI is InChI=1S/C59H89N13O15S/c1-7-48(66-52(74)40-71-24-23-70(8-2)21-19-68(5)20-22-72(26-25-71)41-53(75)76)57(79)61-16-11-28-85-31-33-86-32-30-84-27-10-15-60-51(73)12-9-29-87-45-34-42(3)55(43(4)35-45)88(82,83)67-49(58(80)81)38-64-56(78)47-39-69(6)50-36-44(13-14-46(50)54(47)77)37-65-59-62-17-18-63-59/h5,13-14,17-18,34-36,39,48-49,67H,7-12,15-16,19-33,37-38,40-41H2,1-4,6H3,(H,60,73)(H,61,79)(H,64,78)(H,66,74)(H,75,76)(H,80,81)(H2,62,63,65)/t48-,49?/m1/s1. The number of aromatic nitrogens is 3. The Bertz CT molecular complexity index is 3040. The van der Waals surface area contributed by atoms with E-state index in [-0.39, 0.29) is 70.8 Å². The molecule has 0 saturated carbocycles. The van der Waals surface area contributed by atoms with E-state index in [9.17, 15) is 52.2 Å². The minimum atomic E-state index is -4.45. The van der Waals surface area contributed by atoms with Crippen molar-refractivity contribution in [1.29, 1.82) is 0 Å². The fraction of sp³-hybridized carbons (Fsp3) is 0.576. The van der Waals surface area contributed by atoms with Crippen molar-refractivity contribution < 1.29 is 66.3 Å². The average molecular weight is 1250 g/mol. The summed E-state index contributed by atoms with van der Waals surface area (Å²) >= 11 is 0. The zero-order valence-corrected chi connectivity index (χ0v) is 52.1. The highest BCUT2D eigenvalue weighted by Crippen LogP contribution is 2.26. The van der Waals surface area contributed by atoms with Crippen molar-refractivity contribution in [2.75, 3.05) is 143 Å². The van der Waals surface area contributed by atoms with Crippen molar-refractivity contribution in [3.05, 3.63) is 88.4 Å². The van der Waals surface area contributed by atoms with E-state index >= 15 is 0 Å². The number of ether oxygens (including phenoxy) is 4. The molecular weight excluding hydrogens is 1160 g/mol. The lowest BCUT2D eigenvalue weighted by atomic mass is 10.1. The maximum absolute atomic E-state index is 13.6. The maximum Gasteiger partial charge on any atom is 0.323 e. The monoisotopic (exact) mass is 1250 g/mol. The average Bonchev–Trinajstić information content (AvgIpc) is 3.73. The van der Waals surface area contributed by atoms with Crippen LogP contribution in [0.25, 0.3) is 10.9 Å². The largest absolute Gasteiger partial charge is 0.494 e. The molecule has 1 aliphatic rings. The molecule has 29 heteroatoms. The molecule has 4 amide bonds. The van der Waals surface area contributed by atoms with E-state index in [4.69, 9.17) is 26.0 Å². The summed E-state index contributed by atoms with van der Waals surface area (Å²) in [4.78, 5) is 104. The molecule has 0 spiro atoms. The molecule has 1 unspecified atom stereocenters. The number of H-pyrrole nitrogens is 1. The molecule has 0 aliphatic carbocycles. The summed E-state index contributed by atoms with van der Waals surface area (Å²) in [6.07, 6.45) is 6.74. The van der Waals surface area contributed by atoms with Crippen LogP contribution < -0.4 is 41.5 Å². The number of hydrogen-bond donors (Lipinski definition) is 9. The summed E-state index contributed by atoms with van der Waals surface area (Å²) in [6, 6.07) is 5.63. The van der Waals surface area contributed by atoms with Gasteiger partial charge in [-0.25, -0.2) is 13.4 Å². The third kappa shape index (κ3) is 24.8. The number of imidazole rings is 1. The number of benzene rings is 2. The van der Waals surface area contributed by atoms with Gasteiger partial charge in [0.2, 0.25) is 33.2 Å². The van der Waals surface area contributed by atoms with Gasteiger partial charge in [-0.1, -0.05) is 19.9 Å². The number of amides is 4. The van der Waals surface area contributed by atoms with Gasteiger partial charge >= 0.3 is 11.9 Å². The molecule has 5 rings (SSSR count). The van der Waals surface area contributed by atoms with Crippen LogP contribution in [0.1, 0.15) is 73.0 Å². The number of nitrogens with zero attached hydrogens (tertiary/aromatic N) is 6. The van der Waals surface area contributed by atoms with Crippen molar-refractivity contribution in [3.63, 3.8) is 0 Å². The van der Waals surface area contributed by atoms with Crippen LogP contribution in [0.3, 0.4) is 0 Å². The third-order valence-corrected chi connectivity index (χ3v) is 16.2. The lowest BCUT2D eigenvalue weighted by Crippen LogP contribution is -2.51. The van der Waals surface area contributed by atoms with E-state index in [2.05, 4.69) is 53.1 Å². The van der Waals surface area contributed by atoms with E-state index in [1.165, 1.54) is 32.2 Å². The number of aryl methyl sites for hydroxylation is 3. The van der Waals surface area contributed by atoms with E-state index in [0.717, 1.165) is 18.7 Å². The topological polar surface area (TPSA) is 350 Å². The van der Waals surface area contributed by atoms with Gasteiger partial charge in [0, 0.05) is 136 Å². The van der Waals surface area contributed by atoms with Crippen LogP contribution in [0.5, 0.6) is 5.75 Å². The normalized spacial score (nSPS) is 14.9. The van der Waals surface area contributed by atoms with Gasteiger partial charge in [-0.15, -0.1) is 0 Å². The van der Waals surface area contributed by atoms with Crippen LogP contribution >= 0.6 is 0 Å². The van der Waals surface area contributed by atoms with Gasteiger partial charge in [-0.2, -0.15) is 4.72 Å². The maximum atomic E-state index is 13.6. The highest BCUT2D eigenvalue weighted by atomic mass is 32.2. The molecule has 1 saturated heterocycles. The first-order chi connectivity index (χ1) is 42.2. The number of rotatable bonds is 37. The Morgan fingerprint density at radius 2 is 1.36 bits per heavy atom.